The van der Waals surface area contributed by atoms with Gasteiger partial charge in [0.15, 0.2) is 5.78 Å². The molecule has 0 unspecified atom stereocenters. The van der Waals surface area contributed by atoms with Crippen LogP contribution in [0.25, 0.3) is 0 Å². The third-order valence-corrected chi connectivity index (χ3v) is 5.85. The number of nitrogen functional groups attached to an aromatic ring is 1. The third-order valence-electron chi connectivity index (χ3n) is 5.85. The fourth-order valence-corrected chi connectivity index (χ4v) is 4.17. The highest BCUT2D eigenvalue weighted by atomic mass is 16.2. The average Bonchev–Trinajstić information content (AvgIpc) is 2.72. The molecule has 7 nitrogen and oxygen atoms in total. The minimum absolute atomic E-state index is 0.0132. The molecule has 0 spiro atoms. The number of nitrogens with zero attached hydrogens (tertiary/aromatic N) is 3. The number of carbonyl (C=O) groups excluding carboxylic acids is 1. The van der Waals surface area contributed by atoms with Gasteiger partial charge in [-0.05, 0) is 49.8 Å². The van der Waals surface area contributed by atoms with Gasteiger partial charge in [-0.25, -0.2) is 4.79 Å². The molecule has 1 saturated heterocycles. The molecule has 1 aromatic heterocycles. The highest BCUT2D eigenvalue weighted by Crippen LogP contribution is 2.22. The third kappa shape index (κ3) is 4.90. The van der Waals surface area contributed by atoms with Gasteiger partial charge >= 0.3 is 5.69 Å². The topological polar surface area (TPSA) is 90.3 Å². The molecule has 0 aliphatic carbocycles. The number of Topliss-reactive ketones (excluding diaryl/α,β-unsaturated/α-hetero) is 1. The van der Waals surface area contributed by atoms with Gasteiger partial charge in [-0.15, -0.1) is 0 Å². The minimum Gasteiger partial charge on any atom is -0.384 e. The van der Waals surface area contributed by atoms with Crippen LogP contribution in [0, 0.1) is 11.8 Å². The molecule has 1 aliphatic heterocycles. The zero-order chi connectivity index (χ0) is 21.8. The number of likely N-dealkylation sites (tertiary alicyclic amines) is 1. The maximum Gasteiger partial charge on any atom is 0.332 e. The van der Waals surface area contributed by atoms with Crippen molar-refractivity contribution in [2.24, 2.45) is 18.9 Å². The van der Waals surface area contributed by atoms with Crippen molar-refractivity contribution in [1.29, 1.82) is 0 Å². The molecule has 0 radical (unpaired) electrons. The Morgan fingerprint density at radius 3 is 2.37 bits per heavy atom. The predicted molar refractivity (Wildman–Crippen MR) is 119 cm³/mol. The SMILES string of the molecule is CC(C)Cn1c(N)c(C(=O)CN2CCC(Cc3ccccc3)CC2)c(=O)n(C)c1=O. The molecular formula is C23H32N4O3. The van der Waals surface area contributed by atoms with Crippen LogP contribution in [-0.2, 0) is 20.0 Å². The molecule has 30 heavy (non-hydrogen) atoms. The summed E-state index contributed by atoms with van der Waals surface area (Å²) in [5.41, 5.74) is 6.31. The van der Waals surface area contributed by atoms with E-state index in [0.717, 1.165) is 36.9 Å². The second-order valence-electron chi connectivity index (χ2n) is 8.74. The second-order valence-corrected chi connectivity index (χ2v) is 8.74. The van der Waals surface area contributed by atoms with Crippen molar-refractivity contribution in [2.45, 2.75) is 39.7 Å². The molecule has 0 atom stereocenters. The van der Waals surface area contributed by atoms with Crippen molar-refractivity contribution >= 4 is 11.6 Å². The first-order valence-electron chi connectivity index (χ1n) is 10.7. The van der Waals surface area contributed by atoms with Crippen molar-refractivity contribution < 1.29 is 4.79 Å². The van der Waals surface area contributed by atoms with E-state index in [-0.39, 0.29) is 29.6 Å². The molecule has 162 valence electrons. The first kappa shape index (κ1) is 22.0. The Hall–Kier alpha value is -2.67. The normalized spacial score (nSPS) is 15.6. The number of nitrogens with two attached hydrogens (primary N) is 1. The maximum absolute atomic E-state index is 13.0. The molecule has 3 rings (SSSR count). The summed E-state index contributed by atoms with van der Waals surface area (Å²) in [6, 6.07) is 10.5. The fourth-order valence-electron chi connectivity index (χ4n) is 4.17. The predicted octanol–water partition coefficient (Wildman–Crippen LogP) is 1.92. The number of ketones is 1. The van der Waals surface area contributed by atoms with Crippen LogP contribution in [0.3, 0.4) is 0 Å². The van der Waals surface area contributed by atoms with Gasteiger partial charge in [-0.3, -0.25) is 23.6 Å². The number of anilines is 1. The largest absolute Gasteiger partial charge is 0.384 e. The number of piperidine rings is 1. The summed E-state index contributed by atoms with van der Waals surface area (Å²) in [6.07, 6.45) is 3.08. The van der Waals surface area contributed by atoms with Crippen LogP contribution in [0.2, 0.25) is 0 Å². The number of benzene rings is 1. The molecule has 0 amide bonds. The van der Waals surface area contributed by atoms with Gasteiger partial charge < -0.3 is 5.73 Å². The maximum atomic E-state index is 13.0. The van der Waals surface area contributed by atoms with E-state index in [1.165, 1.54) is 17.2 Å². The Morgan fingerprint density at radius 2 is 1.77 bits per heavy atom. The van der Waals surface area contributed by atoms with Gasteiger partial charge in [0.2, 0.25) is 0 Å². The summed E-state index contributed by atoms with van der Waals surface area (Å²) < 4.78 is 2.32. The van der Waals surface area contributed by atoms with Crippen LogP contribution in [0.15, 0.2) is 39.9 Å². The molecule has 1 aliphatic rings. The van der Waals surface area contributed by atoms with Gasteiger partial charge in [0, 0.05) is 13.6 Å². The molecular weight excluding hydrogens is 380 g/mol. The first-order valence-corrected chi connectivity index (χ1v) is 10.7. The number of hydrogen-bond donors (Lipinski definition) is 1. The first-order chi connectivity index (χ1) is 14.3. The van der Waals surface area contributed by atoms with Crippen molar-refractivity contribution in [3.63, 3.8) is 0 Å². The van der Waals surface area contributed by atoms with Crippen LogP contribution in [-0.4, -0.2) is 39.5 Å². The molecule has 0 bridgehead atoms. The smallest absolute Gasteiger partial charge is 0.332 e. The highest BCUT2D eigenvalue weighted by Gasteiger charge is 2.26. The van der Waals surface area contributed by atoms with Crippen LogP contribution >= 0.6 is 0 Å². The Bertz CT molecular complexity index is 1000. The van der Waals surface area contributed by atoms with E-state index < -0.39 is 11.2 Å². The Morgan fingerprint density at radius 1 is 1.13 bits per heavy atom. The van der Waals surface area contributed by atoms with E-state index >= 15 is 0 Å². The highest BCUT2D eigenvalue weighted by molar-refractivity contribution is 6.01. The fraction of sp³-hybridized carbons (Fsp3) is 0.522. The van der Waals surface area contributed by atoms with Gasteiger partial charge in [0.1, 0.15) is 11.4 Å². The summed E-state index contributed by atoms with van der Waals surface area (Å²) in [5.74, 6) is 0.437. The van der Waals surface area contributed by atoms with Crippen LogP contribution in [0.1, 0.15) is 42.6 Å². The summed E-state index contributed by atoms with van der Waals surface area (Å²) in [4.78, 5) is 40.1. The van der Waals surface area contributed by atoms with Gasteiger partial charge in [0.25, 0.3) is 5.56 Å². The zero-order valence-corrected chi connectivity index (χ0v) is 18.1. The van der Waals surface area contributed by atoms with Crippen LogP contribution in [0.4, 0.5) is 5.82 Å². The van der Waals surface area contributed by atoms with Gasteiger partial charge in [-0.2, -0.15) is 0 Å². The lowest BCUT2D eigenvalue weighted by atomic mass is 9.90. The second kappa shape index (κ2) is 9.43. The monoisotopic (exact) mass is 412 g/mol. The number of hydrogen-bond acceptors (Lipinski definition) is 5. The van der Waals surface area contributed by atoms with E-state index in [1.807, 2.05) is 19.9 Å². The van der Waals surface area contributed by atoms with E-state index in [1.54, 1.807) is 0 Å². The lowest BCUT2D eigenvalue weighted by Gasteiger charge is -2.31. The van der Waals surface area contributed by atoms with E-state index in [9.17, 15) is 14.4 Å². The lowest BCUT2D eigenvalue weighted by molar-refractivity contribution is 0.0893. The standard InChI is InChI=1S/C23H32N4O3/c1-16(2)14-27-21(24)20(22(29)25(3)23(27)30)19(28)15-26-11-9-18(10-12-26)13-17-7-5-4-6-8-17/h4-8,16,18H,9-15,24H2,1-3H3. The molecule has 1 aromatic carbocycles. The van der Waals surface area contributed by atoms with Gasteiger partial charge in [-0.1, -0.05) is 44.2 Å². The molecule has 1 fully saturated rings. The number of carbonyl (C=O) groups is 1. The van der Waals surface area contributed by atoms with E-state index in [0.29, 0.717) is 12.5 Å². The average molecular weight is 413 g/mol. The zero-order valence-electron chi connectivity index (χ0n) is 18.1. The number of rotatable bonds is 7. The summed E-state index contributed by atoms with van der Waals surface area (Å²) in [7, 11) is 1.40. The van der Waals surface area contributed by atoms with Crippen LogP contribution in [0.5, 0.6) is 0 Å². The summed E-state index contributed by atoms with van der Waals surface area (Å²) in [6.45, 7) is 6.06. The Balaban J connectivity index is 1.69. The van der Waals surface area contributed by atoms with Crippen molar-refractivity contribution in [2.75, 3.05) is 25.4 Å². The molecule has 0 saturated carbocycles. The Kier molecular flexibility index (Phi) is 6.92. The van der Waals surface area contributed by atoms with Crippen molar-refractivity contribution in [1.82, 2.24) is 14.0 Å². The molecule has 2 aromatic rings. The lowest BCUT2D eigenvalue weighted by Crippen LogP contribution is -2.45. The number of aromatic nitrogens is 2. The van der Waals surface area contributed by atoms with E-state index in [4.69, 9.17) is 5.73 Å². The van der Waals surface area contributed by atoms with E-state index in [2.05, 4.69) is 29.2 Å². The molecule has 7 heteroatoms. The summed E-state index contributed by atoms with van der Waals surface area (Å²) >= 11 is 0. The van der Waals surface area contributed by atoms with Crippen molar-refractivity contribution in [3.05, 3.63) is 62.3 Å². The quantitative estimate of drug-likeness (QED) is 0.702. The molecule has 2 heterocycles. The van der Waals surface area contributed by atoms with Crippen LogP contribution < -0.4 is 17.0 Å². The Labute approximate surface area is 177 Å². The molecule has 2 N–H and O–H groups in total. The minimum atomic E-state index is -0.610. The van der Waals surface area contributed by atoms with Gasteiger partial charge in [0.05, 0.1) is 6.54 Å². The van der Waals surface area contributed by atoms with Crippen molar-refractivity contribution in [3.8, 4) is 0 Å². The summed E-state index contributed by atoms with van der Waals surface area (Å²) in [5, 5.41) is 0.